The summed E-state index contributed by atoms with van der Waals surface area (Å²) in [5, 5.41) is 38.7. The summed E-state index contributed by atoms with van der Waals surface area (Å²) in [4.78, 5) is 0. The third-order valence-corrected chi connectivity index (χ3v) is 2.96. The highest BCUT2D eigenvalue weighted by molar-refractivity contribution is 5.88. The number of aromatic hydroxyl groups is 4. The van der Waals surface area contributed by atoms with Gasteiger partial charge in [0.1, 0.15) is 22.6 Å². The van der Waals surface area contributed by atoms with Crippen molar-refractivity contribution in [3.63, 3.8) is 0 Å². The van der Waals surface area contributed by atoms with Crippen LogP contribution in [0.4, 0.5) is 0 Å². The SMILES string of the molecule is Oc1ccc(-c2[o+]c3cc(O)cc(O)c3cc2O)cc1. The van der Waals surface area contributed by atoms with Gasteiger partial charge >= 0.3 is 11.3 Å². The fraction of sp³-hybridized carbons (Fsp3) is 0. The zero-order valence-electron chi connectivity index (χ0n) is 10.2. The van der Waals surface area contributed by atoms with E-state index in [1.165, 1.54) is 24.3 Å². The van der Waals surface area contributed by atoms with Crippen molar-refractivity contribution in [2.24, 2.45) is 0 Å². The van der Waals surface area contributed by atoms with Gasteiger partial charge in [-0.2, -0.15) is 0 Å². The first-order valence-electron chi connectivity index (χ1n) is 5.86. The van der Waals surface area contributed by atoms with Crippen LogP contribution in [0.3, 0.4) is 0 Å². The Morgan fingerprint density at radius 1 is 0.700 bits per heavy atom. The summed E-state index contributed by atoms with van der Waals surface area (Å²) < 4.78 is 5.53. The molecule has 2 aromatic carbocycles. The Morgan fingerprint density at radius 2 is 1.40 bits per heavy atom. The van der Waals surface area contributed by atoms with E-state index in [1.54, 1.807) is 12.1 Å². The summed E-state index contributed by atoms with van der Waals surface area (Å²) in [6.45, 7) is 0. The van der Waals surface area contributed by atoms with E-state index in [0.717, 1.165) is 6.07 Å². The van der Waals surface area contributed by atoms with Crippen LogP contribution in [-0.4, -0.2) is 20.4 Å². The van der Waals surface area contributed by atoms with Gasteiger partial charge in [-0.15, -0.1) is 0 Å². The van der Waals surface area contributed by atoms with Crippen LogP contribution in [0.25, 0.3) is 22.3 Å². The van der Waals surface area contributed by atoms with Crippen LogP contribution < -0.4 is 0 Å². The van der Waals surface area contributed by atoms with Gasteiger partial charge in [0, 0.05) is 12.1 Å². The molecule has 0 aliphatic rings. The molecule has 5 nitrogen and oxygen atoms in total. The molecule has 0 unspecified atom stereocenters. The number of benzene rings is 2. The summed E-state index contributed by atoms with van der Waals surface area (Å²) in [5.41, 5.74) is 0.799. The molecule has 4 N–H and O–H groups in total. The van der Waals surface area contributed by atoms with Gasteiger partial charge < -0.3 is 20.4 Å². The second-order valence-corrected chi connectivity index (χ2v) is 4.38. The minimum Gasteiger partial charge on any atom is -0.508 e. The lowest BCUT2D eigenvalue weighted by Crippen LogP contribution is -1.82. The predicted molar refractivity (Wildman–Crippen MR) is 72.7 cm³/mol. The average molecular weight is 271 g/mol. The fourth-order valence-corrected chi connectivity index (χ4v) is 2.01. The van der Waals surface area contributed by atoms with Crippen LogP contribution in [0.15, 0.2) is 46.9 Å². The topological polar surface area (TPSA) is 92.2 Å². The van der Waals surface area contributed by atoms with Gasteiger partial charge in [0.2, 0.25) is 5.75 Å². The predicted octanol–water partition coefficient (Wildman–Crippen LogP) is 3.20. The van der Waals surface area contributed by atoms with Crippen molar-refractivity contribution < 1.29 is 24.8 Å². The molecule has 0 spiro atoms. The van der Waals surface area contributed by atoms with Crippen LogP contribution in [0.2, 0.25) is 0 Å². The van der Waals surface area contributed by atoms with Crippen LogP contribution in [0.5, 0.6) is 23.0 Å². The first-order valence-corrected chi connectivity index (χ1v) is 5.86. The number of phenolic OH excluding ortho intramolecular Hbond substituents is 3. The summed E-state index contributed by atoms with van der Waals surface area (Å²) in [7, 11) is 0. The first kappa shape index (κ1) is 12.1. The maximum absolute atomic E-state index is 10.00. The Morgan fingerprint density at radius 3 is 2.10 bits per heavy atom. The molecular formula is C15H11O5+. The van der Waals surface area contributed by atoms with E-state index in [-0.39, 0.29) is 34.3 Å². The molecule has 1 heterocycles. The Hall–Kier alpha value is -2.95. The van der Waals surface area contributed by atoms with E-state index in [4.69, 9.17) is 4.42 Å². The van der Waals surface area contributed by atoms with E-state index in [0.29, 0.717) is 10.9 Å². The lowest BCUT2D eigenvalue weighted by molar-refractivity contribution is 0.441. The minimum atomic E-state index is -0.184. The molecule has 0 radical (unpaired) electrons. The van der Waals surface area contributed by atoms with Crippen molar-refractivity contribution in [2.75, 3.05) is 0 Å². The highest BCUT2D eigenvalue weighted by Gasteiger charge is 2.23. The molecule has 0 atom stereocenters. The van der Waals surface area contributed by atoms with Crippen molar-refractivity contribution in [2.45, 2.75) is 0 Å². The number of hydrogen-bond donors (Lipinski definition) is 4. The standard InChI is InChI=1S/C15H10O5/c16-9-3-1-8(2-4-9)15-13(19)7-11-12(18)5-10(17)6-14(11)20-15/h1-7H,(H3-,16,17,18,19)/p+1. The summed E-state index contributed by atoms with van der Waals surface area (Å²) in [6.07, 6.45) is 0. The monoisotopic (exact) mass is 271 g/mol. The molecule has 5 heteroatoms. The van der Waals surface area contributed by atoms with Crippen molar-refractivity contribution >= 4 is 11.0 Å². The first-order chi connectivity index (χ1) is 9.54. The Balaban J connectivity index is 2.26. The van der Waals surface area contributed by atoms with Gasteiger partial charge in [-0.25, -0.2) is 4.42 Å². The van der Waals surface area contributed by atoms with E-state index in [9.17, 15) is 20.4 Å². The summed E-state index contributed by atoms with van der Waals surface area (Å²) in [6, 6.07) is 9.97. The molecule has 0 aliphatic carbocycles. The molecule has 100 valence electrons. The average Bonchev–Trinajstić information content (AvgIpc) is 2.40. The molecule has 0 saturated carbocycles. The van der Waals surface area contributed by atoms with E-state index in [2.05, 4.69) is 0 Å². The largest absolute Gasteiger partial charge is 0.508 e. The molecule has 0 aliphatic heterocycles. The lowest BCUT2D eigenvalue weighted by Gasteiger charge is -1.99. The zero-order chi connectivity index (χ0) is 14.3. The van der Waals surface area contributed by atoms with Gasteiger partial charge in [0.25, 0.3) is 0 Å². The molecule has 3 aromatic rings. The Labute approximate surface area is 113 Å². The van der Waals surface area contributed by atoms with Gasteiger partial charge in [0.05, 0.1) is 11.6 Å². The van der Waals surface area contributed by atoms with Gasteiger partial charge in [-0.3, -0.25) is 0 Å². The lowest BCUT2D eigenvalue weighted by atomic mass is 10.1. The van der Waals surface area contributed by atoms with Crippen LogP contribution in [0, 0.1) is 0 Å². The number of hydrogen-bond acceptors (Lipinski definition) is 4. The smallest absolute Gasteiger partial charge is 0.401 e. The van der Waals surface area contributed by atoms with Crippen LogP contribution in [-0.2, 0) is 0 Å². The van der Waals surface area contributed by atoms with Crippen molar-refractivity contribution in [1.82, 2.24) is 0 Å². The molecule has 0 saturated heterocycles. The maximum atomic E-state index is 10.00. The van der Waals surface area contributed by atoms with Crippen molar-refractivity contribution in [3.05, 3.63) is 42.5 Å². The zero-order valence-corrected chi connectivity index (χ0v) is 10.2. The molecule has 0 amide bonds. The van der Waals surface area contributed by atoms with Gasteiger partial charge in [-0.1, -0.05) is 0 Å². The van der Waals surface area contributed by atoms with Gasteiger partial charge in [0.15, 0.2) is 0 Å². The van der Waals surface area contributed by atoms with Gasteiger partial charge in [-0.05, 0) is 24.3 Å². The molecule has 0 bridgehead atoms. The van der Waals surface area contributed by atoms with E-state index < -0.39 is 0 Å². The highest BCUT2D eigenvalue weighted by atomic mass is 16.4. The number of rotatable bonds is 1. The molecule has 3 rings (SSSR count). The number of phenols is 3. The molecule has 0 fully saturated rings. The Bertz CT molecular complexity index is 793. The fourth-order valence-electron chi connectivity index (χ4n) is 2.01. The molecular weight excluding hydrogens is 260 g/mol. The third kappa shape index (κ3) is 1.95. The van der Waals surface area contributed by atoms with Crippen molar-refractivity contribution in [1.29, 1.82) is 0 Å². The summed E-state index contributed by atoms with van der Waals surface area (Å²) in [5.74, 6) is -0.187. The van der Waals surface area contributed by atoms with Crippen molar-refractivity contribution in [3.8, 4) is 34.3 Å². The normalized spacial score (nSPS) is 10.8. The van der Waals surface area contributed by atoms with Crippen LogP contribution >= 0.6 is 0 Å². The van der Waals surface area contributed by atoms with E-state index in [1.807, 2.05) is 0 Å². The quantitative estimate of drug-likeness (QED) is 0.510. The second-order valence-electron chi connectivity index (χ2n) is 4.38. The highest BCUT2D eigenvalue weighted by Crippen LogP contribution is 2.38. The molecule has 1 aromatic heterocycles. The molecule has 20 heavy (non-hydrogen) atoms. The Kier molecular flexibility index (Phi) is 2.61. The number of fused-ring (bicyclic) bond motifs is 1. The van der Waals surface area contributed by atoms with Crippen LogP contribution in [0.1, 0.15) is 0 Å². The minimum absolute atomic E-state index is 0.101. The maximum Gasteiger partial charge on any atom is 0.401 e. The van der Waals surface area contributed by atoms with E-state index >= 15 is 0 Å². The second kappa shape index (κ2) is 4.31. The third-order valence-electron chi connectivity index (χ3n) is 2.96. The summed E-state index contributed by atoms with van der Waals surface area (Å²) >= 11 is 0.